The number of aliphatic hydroxyl groups is 1. The standard InChI is InChI=1S/C16H13N3O/c1-19-15-5-3-2-4-12(15)13(8-17)16(19)14-9-18-7-6-11(14)10-20/h2-7,9,20H,10H2,1H3. The highest BCUT2D eigenvalue weighted by atomic mass is 16.3. The molecular weight excluding hydrogens is 250 g/mol. The average Bonchev–Trinajstić information content (AvgIpc) is 2.80. The molecule has 3 aromatic rings. The van der Waals surface area contributed by atoms with Gasteiger partial charge in [-0.15, -0.1) is 0 Å². The maximum Gasteiger partial charge on any atom is 0.102 e. The number of fused-ring (bicyclic) bond motifs is 1. The van der Waals surface area contributed by atoms with Crippen LogP contribution in [0.25, 0.3) is 22.2 Å². The predicted octanol–water partition coefficient (Wildman–Crippen LogP) is 2.60. The van der Waals surface area contributed by atoms with Crippen LogP contribution in [0, 0.1) is 11.3 Å². The summed E-state index contributed by atoms with van der Waals surface area (Å²) in [5.41, 5.74) is 3.97. The van der Waals surface area contributed by atoms with Crippen molar-refractivity contribution in [1.82, 2.24) is 9.55 Å². The van der Waals surface area contributed by atoms with Crippen molar-refractivity contribution in [2.75, 3.05) is 0 Å². The molecule has 2 heterocycles. The van der Waals surface area contributed by atoms with Gasteiger partial charge in [0.25, 0.3) is 0 Å². The minimum absolute atomic E-state index is 0.0791. The molecule has 0 fully saturated rings. The molecule has 4 heteroatoms. The molecule has 0 aliphatic heterocycles. The first-order chi connectivity index (χ1) is 9.77. The van der Waals surface area contributed by atoms with Gasteiger partial charge in [0.1, 0.15) is 6.07 Å². The first kappa shape index (κ1) is 12.4. The number of nitriles is 1. The summed E-state index contributed by atoms with van der Waals surface area (Å²) >= 11 is 0. The monoisotopic (exact) mass is 263 g/mol. The fourth-order valence-electron chi connectivity index (χ4n) is 2.60. The topological polar surface area (TPSA) is 61.8 Å². The SMILES string of the molecule is Cn1c(-c2cnccc2CO)c(C#N)c2ccccc21. The molecule has 0 aliphatic rings. The third-order valence-corrected chi connectivity index (χ3v) is 3.56. The van der Waals surface area contributed by atoms with E-state index in [1.807, 2.05) is 35.9 Å². The zero-order chi connectivity index (χ0) is 14.1. The summed E-state index contributed by atoms with van der Waals surface area (Å²) in [6.45, 7) is -0.0791. The molecule has 0 unspecified atom stereocenters. The Hall–Kier alpha value is -2.64. The van der Waals surface area contributed by atoms with E-state index in [0.717, 1.165) is 27.7 Å². The minimum Gasteiger partial charge on any atom is -0.392 e. The zero-order valence-corrected chi connectivity index (χ0v) is 11.0. The Labute approximate surface area is 116 Å². The second kappa shape index (κ2) is 4.80. The molecule has 0 radical (unpaired) electrons. The molecule has 2 aromatic heterocycles. The third kappa shape index (κ3) is 1.68. The number of pyridine rings is 1. The number of hydrogen-bond donors (Lipinski definition) is 1. The van der Waals surface area contributed by atoms with Gasteiger partial charge in [-0.2, -0.15) is 5.26 Å². The van der Waals surface area contributed by atoms with Crippen LogP contribution >= 0.6 is 0 Å². The van der Waals surface area contributed by atoms with E-state index in [0.29, 0.717) is 5.56 Å². The van der Waals surface area contributed by atoms with Crippen LogP contribution in [0.1, 0.15) is 11.1 Å². The van der Waals surface area contributed by atoms with Crippen LogP contribution in [0.2, 0.25) is 0 Å². The fourth-order valence-corrected chi connectivity index (χ4v) is 2.60. The molecule has 4 nitrogen and oxygen atoms in total. The number of aryl methyl sites for hydroxylation is 1. The van der Waals surface area contributed by atoms with Crippen molar-refractivity contribution in [2.45, 2.75) is 6.61 Å². The van der Waals surface area contributed by atoms with Crippen LogP contribution in [0.5, 0.6) is 0 Å². The molecule has 1 aromatic carbocycles. The van der Waals surface area contributed by atoms with Crippen LogP contribution in [0.4, 0.5) is 0 Å². The van der Waals surface area contributed by atoms with Gasteiger partial charge in [0.2, 0.25) is 0 Å². The van der Waals surface area contributed by atoms with E-state index in [2.05, 4.69) is 11.1 Å². The highest BCUT2D eigenvalue weighted by Crippen LogP contribution is 2.33. The molecule has 0 saturated heterocycles. The predicted molar refractivity (Wildman–Crippen MR) is 76.8 cm³/mol. The van der Waals surface area contributed by atoms with Crippen LogP contribution < -0.4 is 0 Å². The summed E-state index contributed by atoms with van der Waals surface area (Å²) in [6.07, 6.45) is 3.34. The molecule has 0 saturated carbocycles. The second-order valence-electron chi connectivity index (χ2n) is 4.60. The number of aromatic nitrogens is 2. The van der Waals surface area contributed by atoms with Gasteiger partial charge in [0.05, 0.1) is 17.9 Å². The molecule has 0 spiro atoms. The Morgan fingerprint density at radius 3 is 2.85 bits per heavy atom. The Morgan fingerprint density at radius 2 is 2.10 bits per heavy atom. The van der Waals surface area contributed by atoms with Gasteiger partial charge in [0.15, 0.2) is 0 Å². The zero-order valence-electron chi connectivity index (χ0n) is 11.0. The highest BCUT2D eigenvalue weighted by Gasteiger charge is 2.18. The number of aliphatic hydroxyl groups excluding tert-OH is 1. The lowest BCUT2D eigenvalue weighted by Crippen LogP contribution is -1.97. The van der Waals surface area contributed by atoms with Gasteiger partial charge in [0, 0.05) is 35.9 Å². The maximum atomic E-state index is 9.51. The van der Waals surface area contributed by atoms with Gasteiger partial charge in [-0.1, -0.05) is 18.2 Å². The molecule has 1 N–H and O–H groups in total. The summed E-state index contributed by atoms with van der Waals surface area (Å²) in [5.74, 6) is 0. The quantitative estimate of drug-likeness (QED) is 0.773. The lowest BCUT2D eigenvalue weighted by molar-refractivity contribution is 0.282. The number of para-hydroxylation sites is 1. The van der Waals surface area contributed by atoms with E-state index in [1.54, 1.807) is 18.5 Å². The first-order valence-electron chi connectivity index (χ1n) is 6.29. The Bertz CT molecular complexity index is 827. The van der Waals surface area contributed by atoms with Crippen LogP contribution in [0.15, 0.2) is 42.7 Å². The molecule has 0 aliphatic carbocycles. The van der Waals surface area contributed by atoms with Gasteiger partial charge in [-0.05, 0) is 17.7 Å². The van der Waals surface area contributed by atoms with Crippen LogP contribution in [-0.2, 0) is 13.7 Å². The maximum absolute atomic E-state index is 9.51. The van der Waals surface area contributed by atoms with Crippen molar-refractivity contribution in [3.05, 3.63) is 53.9 Å². The van der Waals surface area contributed by atoms with Gasteiger partial charge < -0.3 is 9.67 Å². The number of rotatable bonds is 2. The molecule has 20 heavy (non-hydrogen) atoms. The van der Waals surface area contributed by atoms with E-state index in [-0.39, 0.29) is 6.61 Å². The summed E-state index contributed by atoms with van der Waals surface area (Å²) < 4.78 is 1.98. The third-order valence-electron chi connectivity index (χ3n) is 3.56. The molecule has 0 atom stereocenters. The molecular formula is C16H13N3O. The van der Waals surface area contributed by atoms with E-state index < -0.39 is 0 Å². The van der Waals surface area contributed by atoms with Crippen molar-refractivity contribution in [3.8, 4) is 17.3 Å². The Kier molecular flexibility index (Phi) is 2.97. The van der Waals surface area contributed by atoms with Crippen molar-refractivity contribution in [1.29, 1.82) is 5.26 Å². The molecule has 0 amide bonds. The Balaban J connectivity index is 2.43. The van der Waals surface area contributed by atoms with Crippen molar-refractivity contribution < 1.29 is 5.11 Å². The summed E-state index contributed by atoms with van der Waals surface area (Å²) in [5, 5.41) is 19.9. The van der Waals surface area contributed by atoms with Gasteiger partial charge >= 0.3 is 0 Å². The lowest BCUT2D eigenvalue weighted by Gasteiger charge is -2.09. The van der Waals surface area contributed by atoms with Crippen molar-refractivity contribution in [2.24, 2.45) is 7.05 Å². The fraction of sp³-hybridized carbons (Fsp3) is 0.125. The van der Waals surface area contributed by atoms with Crippen molar-refractivity contribution in [3.63, 3.8) is 0 Å². The smallest absolute Gasteiger partial charge is 0.102 e. The number of hydrogen-bond acceptors (Lipinski definition) is 3. The van der Waals surface area contributed by atoms with Crippen LogP contribution in [-0.4, -0.2) is 14.7 Å². The highest BCUT2D eigenvalue weighted by molar-refractivity contribution is 5.94. The molecule has 98 valence electrons. The number of benzene rings is 1. The normalized spacial score (nSPS) is 10.7. The van der Waals surface area contributed by atoms with Crippen LogP contribution in [0.3, 0.4) is 0 Å². The number of nitrogens with zero attached hydrogens (tertiary/aromatic N) is 3. The molecule has 0 bridgehead atoms. The largest absolute Gasteiger partial charge is 0.392 e. The minimum atomic E-state index is -0.0791. The van der Waals surface area contributed by atoms with Crippen molar-refractivity contribution >= 4 is 10.9 Å². The summed E-state index contributed by atoms with van der Waals surface area (Å²) in [4.78, 5) is 4.12. The average molecular weight is 263 g/mol. The second-order valence-corrected chi connectivity index (χ2v) is 4.60. The summed E-state index contributed by atoms with van der Waals surface area (Å²) in [6, 6.07) is 11.8. The first-order valence-corrected chi connectivity index (χ1v) is 6.29. The van der Waals surface area contributed by atoms with E-state index in [4.69, 9.17) is 0 Å². The lowest BCUT2D eigenvalue weighted by atomic mass is 10.0. The van der Waals surface area contributed by atoms with E-state index in [1.165, 1.54) is 0 Å². The van der Waals surface area contributed by atoms with E-state index in [9.17, 15) is 10.4 Å². The van der Waals surface area contributed by atoms with Gasteiger partial charge in [-0.25, -0.2) is 0 Å². The summed E-state index contributed by atoms with van der Waals surface area (Å²) in [7, 11) is 1.92. The van der Waals surface area contributed by atoms with E-state index >= 15 is 0 Å². The van der Waals surface area contributed by atoms with Gasteiger partial charge in [-0.3, -0.25) is 4.98 Å². The Morgan fingerprint density at radius 1 is 1.30 bits per heavy atom. The molecule has 3 rings (SSSR count).